The number of methoxy groups -OCH3 is 1. The maximum Gasteiger partial charge on any atom is 0.258 e. The Morgan fingerprint density at radius 2 is 1.95 bits per heavy atom. The van der Waals surface area contributed by atoms with Crippen LogP contribution in [0.1, 0.15) is 21.5 Å². The number of ether oxygens (including phenoxy) is 1. The molecule has 0 aromatic heterocycles. The summed E-state index contributed by atoms with van der Waals surface area (Å²) in [4.78, 5) is 12.4. The van der Waals surface area contributed by atoms with Gasteiger partial charge in [0.25, 0.3) is 5.91 Å². The van der Waals surface area contributed by atoms with Crippen LogP contribution in [0.2, 0.25) is 0 Å². The third kappa shape index (κ3) is 2.97. The summed E-state index contributed by atoms with van der Waals surface area (Å²) in [5.74, 6) is -0.204. The first-order chi connectivity index (χ1) is 9.63. The molecule has 0 saturated carbocycles. The molecule has 2 aromatic rings. The van der Waals surface area contributed by atoms with Crippen molar-refractivity contribution < 1.29 is 9.53 Å². The highest BCUT2D eigenvalue weighted by molar-refractivity contribution is 6.09. The maximum atomic E-state index is 12.4. The predicted molar refractivity (Wildman–Crippen MR) is 80.7 cm³/mol. The molecule has 0 bridgehead atoms. The Morgan fingerprint density at radius 1 is 1.20 bits per heavy atom. The Morgan fingerprint density at radius 3 is 2.65 bits per heavy atom. The minimum atomic E-state index is -0.204. The molecule has 0 atom stereocenters. The van der Waals surface area contributed by atoms with Crippen LogP contribution in [0.25, 0.3) is 0 Å². The SMILES string of the molecule is COCc1ccccc1NC(=O)c1c(C)cccc1N. The molecule has 20 heavy (non-hydrogen) atoms. The Kier molecular flexibility index (Phi) is 4.38. The molecule has 104 valence electrons. The molecule has 2 rings (SSSR count). The first kappa shape index (κ1) is 14.1. The summed E-state index contributed by atoms with van der Waals surface area (Å²) < 4.78 is 5.13. The number of nitrogens with two attached hydrogens (primary N) is 1. The summed E-state index contributed by atoms with van der Waals surface area (Å²) in [5, 5.41) is 2.89. The molecule has 0 radical (unpaired) electrons. The summed E-state index contributed by atoms with van der Waals surface area (Å²) in [6.07, 6.45) is 0. The van der Waals surface area contributed by atoms with Crippen LogP contribution in [0.3, 0.4) is 0 Å². The normalized spacial score (nSPS) is 10.3. The van der Waals surface area contributed by atoms with E-state index < -0.39 is 0 Å². The maximum absolute atomic E-state index is 12.4. The van der Waals surface area contributed by atoms with Gasteiger partial charge in [-0.3, -0.25) is 4.79 Å². The molecule has 4 nitrogen and oxygen atoms in total. The molecule has 0 aliphatic rings. The van der Waals surface area contributed by atoms with Crippen molar-refractivity contribution in [1.29, 1.82) is 0 Å². The molecule has 0 heterocycles. The number of hydrogen-bond donors (Lipinski definition) is 2. The predicted octanol–water partition coefficient (Wildman–Crippen LogP) is 2.98. The Bertz CT molecular complexity index is 603. The van der Waals surface area contributed by atoms with Gasteiger partial charge in [-0.1, -0.05) is 30.3 Å². The molecule has 0 fully saturated rings. The lowest BCUT2D eigenvalue weighted by Gasteiger charge is -2.13. The number of nitrogen functional groups attached to an aromatic ring is 1. The van der Waals surface area contributed by atoms with E-state index in [-0.39, 0.29) is 5.91 Å². The standard InChI is InChI=1S/C16H18N2O2/c1-11-6-5-8-13(17)15(11)16(19)18-14-9-4-3-7-12(14)10-20-2/h3-9H,10,17H2,1-2H3,(H,18,19). The van der Waals surface area contributed by atoms with Gasteiger partial charge in [-0.25, -0.2) is 0 Å². The van der Waals surface area contributed by atoms with Crippen molar-refractivity contribution in [3.63, 3.8) is 0 Å². The van der Waals surface area contributed by atoms with E-state index in [9.17, 15) is 4.79 Å². The van der Waals surface area contributed by atoms with Gasteiger partial charge < -0.3 is 15.8 Å². The fourth-order valence-corrected chi connectivity index (χ4v) is 2.11. The van der Waals surface area contributed by atoms with Crippen LogP contribution < -0.4 is 11.1 Å². The second-order valence-electron chi connectivity index (χ2n) is 4.58. The van der Waals surface area contributed by atoms with Crippen molar-refractivity contribution in [2.24, 2.45) is 0 Å². The number of para-hydroxylation sites is 1. The van der Waals surface area contributed by atoms with Crippen molar-refractivity contribution in [3.05, 3.63) is 59.2 Å². The van der Waals surface area contributed by atoms with Gasteiger partial charge >= 0.3 is 0 Å². The number of rotatable bonds is 4. The van der Waals surface area contributed by atoms with E-state index in [2.05, 4.69) is 5.32 Å². The molecule has 1 amide bonds. The minimum Gasteiger partial charge on any atom is -0.398 e. The van der Waals surface area contributed by atoms with E-state index >= 15 is 0 Å². The van der Waals surface area contributed by atoms with Gasteiger partial charge in [-0.2, -0.15) is 0 Å². The summed E-state index contributed by atoms with van der Waals surface area (Å²) in [6, 6.07) is 13.0. The zero-order valence-electron chi connectivity index (χ0n) is 11.6. The summed E-state index contributed by atoms with van der Waals surface area (Å²) in [5.41, 5.74) is 9.40. The van der Waals surface area contributed by atoms with Gasteiger partial charge in [0.15, 0.2) is 0 Å². The zero-order valence-corrected chi connectivity index (χ0v) is 11.6. The van der Waals surface area contributed by atoms with Crippen LogP contribution in [-0.2, 0) is 11.3 Å². The van der Waals surface area contributed by atoms with E-state index in [4.69, 9.17) is 10.5 Å². The second kappa shape index (κ2) is 6.21. The van der Waals surface area contributed by atoms with Crippen LogP contribution >= 0.6 is 0 Å². The Hall–Kier alpha value is -2.33. The summed E-state index contributed by atoms with van der Waals surface area (Å²) in [6.45, 7) is 2.31. The highest BCUT2D eigenvalue weighted by Crippen LogP contribution is 2.21. The fraction of sp³-hybridized carbons (Fsp3) is 0.188. The molecule has 4 heteroatoms. The van der Waals surface area contributed by atoms with E-state index in [1.807, 2.05) is 43.3 Å². The molecule has 0 aliphatic heterocycles. The first-order valence-corrected chi connectivity index (χ1v) is 6.36. The molecular weight excluding hydrogens is 252 g/mol. The number of hydrogen-bond acceptors (Lipinski definition) is 3. The highest BCUT2D eigenvalue weighted by Gasteiger charge is 2.14. The number of amides is 1. The largest absolute Gasteiger partial charge is 0.398 e. The number of carbonyl (C=O) groups is 1. The van der Waals surface area contributed by atoms with E-state index in [1.54, 1.807) is 13.2 Å². The van der Waals surface area contributed by atoms with E-state index in [1.165, 1.54) is 0 Å². The smallest absolute Gasteiger partial charge is 0.258 e. The summed E-state index contributed by atoms with van der Waals surface area (Å²) in [7, 11) is 1.62. The van der Waals surface area contributed by atoms with Gasteiger partial charge in [0.05, 0.1) is 12.2 Å². The fourth-order valence-electron chi connectivity index (χ4n) is 2.11. The lowest BCUT2D eigenvalue weighted by Crippen LogP contribution is -2.16. The first-order valence-electron chi connectivity index (χ1n) is 6.36. The Balaban J connectivity index is 2.28. The number of benzene rings is 2. The monoisotopic (exact) mass is 270 g/mol. The summed E-state index contributed by atoms with van der Waals surface area (Å²) >= 11 is 0. The van der Waals surface area contributed by atoms with Gasteiger partial charge in [-0.15, -0.1) is 0 Å². The lowest BCUT2D eigenvalue weighted by atomic mass is 10.1. The number of aryl methyl sites for hydroxylation is 1. The molecule has 0 spiro atoms. The Labute approximate surface area is 118 Å². The van der Waals surface area contributed by atoms with Crippen LogP contribution in [0.4, 0.5) is 11.4 Å². The van der Waals surface area contributed by atoms with Crippen molar-refractivity contribution in [3.8, 4) is 0 Å². The third-order valence-corrected chi connectivity index (χ3v) is 3.10. The van der Waals surface area contributed by atoms with Gasteiger partial charge in [0.1, 0.15) is 0 Å². The van der Waals surface area contributed by atoms with Crippen LogP contribution in [0, 0.1) is 6.92 Å². The lowest BCUT2D eigenvalue weighted by molar-refractivity contribution is 0.102. The average Bonchev–Trinajstić information content (AvgIpc) is 2.41. The second-order valence-corrected chi connectivity index (χ2v) is 4.58. The van der Waals surface area contributed by atoms with Crippen molar-refractivity contribution >= 4 is 17.3 Å². The van der Waals surface area contributed by atoms with Gasteiger partial charge in [0.2, 0.25) is 0 Å². The zero-order chi connectivity index (χ0) is 14.5. The number of anilines is 2. The van der Waals surface area contributed by atoms with Crippen LogP contribution in [0.5, 0.6) is 0 Å². The van der Waals surface area contributed by atoms with Crippen LogP contribution in [-0.4, -0.2) is 13.0 Å². The van der Waals surface area contributed by atoms with Gasteiger partial charge in [0, 0.05) is 24.0 Å². The third-order valence-electron chi connectivity index (χ3n) is 3.10. The topological polar surface area (TPSA) is 64.3 Å². The van der Waals surface area contributed by atoms with E-state index in [0.29, 0.717) is 17.9 Å². The number of nitrogens with one attached hydrogen (secondary N) is 1. The highest BCUT2D eigenvalue weighted by atomic mass is 16.5. The molecule has 0 saturated heterocycles. The van der Waals surface area contributed by atoms with Crippen molar-refractivity contribution in [1.82, 2.24) is 0 Å². The van der Waals surface area contributed by atoms with Crippen molar-refractivity contribution in [2.75, 3.05) is 18.2 Å². The van der Waals surface area contributed by atoms with Crippen LogP contribution in [0.15, 0.2) is 42.5 Å². The molecule has 2 aromatic carbocycles. The molecule has 0 unspecified atom stereocenters. The average molecular weight is 270 g/mol. The van der Waals surface area contributed by atoms with Crippen molar-refractivity contribution in [2.45, 2.75) is 13.5 Å². The number of carbonyl (C=O) groups excluding carboxylic acids is 1. The quantitative estimate of drug-likeness (QED) is 0.839. The van der Waals surface area contributed by atoms with Gasteiger partial charge in [-0.05, 0) is 24.6 Å². The van der Waals surface area contributed by atoms with E-state index in [0.717, 1.165) is 16.8 Å². The minimum absolute atomic E-state index is 0.204. The molecule has 3 N–H and O–H groups in total. The molecule has 0 aliphatic carbocycles. The molecular formula is C16H18N2O2.